The topological polar surface area (TPSA) is 86.8 Å². The van der Waals surface area contributed by atoms with E-state index in [1.165, 1.54) is 4.90 Å². The largest absolute Gasteiger partial charge is 0.354 e. The first-order valence-corrected chi connectivity index (χ1v) is 11.6. The predicted octanol–water partition coefficient (Wildman–Crippen LogP) is 2.80. The minimum absolute atomic E-state index is 0.0688. The molecule has 4 rings (SSSR count). The summed E-state index contributed by atoms with van der Waals surface area (Å²) in [4.78, 5) is 52.9. The Hall–Kier alpha value is -2.61. The summed E-state index contributed by atoms with van der Waals surface area (Å²) < 4.78 is 0. The average Bonchev–Trinajstić information content (AvgIpc) is 3.58. The van der Waals surface area contributed by atoms with Crippen LogP contribution in [0.25, 0.3) is 6.08 Å². The van der Waals surface area contributed by atoms with E-state index in [-0.39, 0.29) is 47.9 Å². The van der Waals surface area contributed by atoms with Crippen LogP contribution in [0.4, 0.5) is 4.79 Å². The highest BCUT2D eigenvalue weighted by Crippen LogP contribution is 2.33. The number of piperidine rings is 1. The standard InChI is InChI=1S/C23H27N3O4S/c1-15-2-4-16(5-3-15)14-19-22(29)26(23(30)31-19)13-10-24-20(27)17-8-11-25(12-9-17)21(28)18-6-7-18/h2-5,14,17-18H,6-13H2,1H3,(H,24,27)/b19-14-. The number of hydrogen-bond donors (Lipinski definition) is 1. The Balaban J connectivity index is 1.23. The summed E-state index contributed by atoms with van der Waals surface area (Å²) in [7, 11) is 0. The second kappa shape index (κ2) is 9.26. The molecule has 2 heterocycles. The molecule has 3 fully saturated rings. The van der Waals surface area contributed by atoms with E-state index < -0.39 is 0 Å². The number of carbonyl (C=O) groups is 4. The smallest absolute Gasteiger partial charge is 0.293 e. The van der Waals surface area contributed by atoms with E-state index in [2.05, 4.69) is 5.32 Å². The highest BCUT2D eigenvalue weighted by atomic mass is 32.2. The van der Waals surface area contributed by atoms with Crippen molar-refractivity contribution in [3.8, 4) is 0 Å². The molecule has 1 aromatic carbocycles. The molecule has 0 spiro atoms. The van der Waals surface area contributed by atoms with Crippen LogP contribution in [-0.2, 0) is 14.4 Å². The number of rotatable bonds is 6. The molecule has 1 aliphatic carbocycles. The van der Waals surface area contributed by atoms with Crippen LogP contribution in [0.2, 0.25) is 0 Å². The number of aryl methyl sites for hydroxylation is 1. The fourth-order valence-electron chi connectivity index (χ4n) is 3.89. The quantitative estimate of drug-likeness (QED) is 0.686. The second-order valence-electron chi connectivity index (χ2n) is 8.41. The molecule has 8 heteroatoms. The van der Waals surface area contributed by atoms with Crippen molar-refractivity contribution in [3.63, 3.8) is 0 Å². The highest BCUT2D eigenvalue weighted by Gasteiger charge is 2.37. The van der Waals surface area contributed by atoms with E-state index in [0.29, 0.717) is 30.8 Å². The molecular formula is C23H27N3O4S. The third kappa shape index (κ3) is 5.18. The molecule has 4 amide bonds. The van der Waals surface area contributed by atoms with Gasteiger partial charge in [0, 0.05) is 38.0 Å². The predicted molar refractivity (Wildman–Crippen MR) is 119 cm³/mol. The summed E-state index contributed by atoms with van der Waals surface area (Å²) in [6.45, 7) is 3.63. The first kappa shape index (κ1) is 21.6. The van der Waals surface area contributed by atoms with Gasteiger partial charge in [-0.2, -0.15) is 0 Å². The number of thioether (sulfide) groups is 1. The van der Waals surface area contributed by atoms with Crippen molar-refractivity contribution >= 4 is 40.8 Å². The number of likely N-dealkylation sites (tertiary alicyclic amines) is 1. The Bertz CT molecular complexity index is 915. The van der Waals surface area contributed by atoms with Gasteiger partial charge in [0.1, 0.15) is 0 Å². The zero-order valence-electron chi connectivity index (χ0n) is 17.6. The lowest BCUT2D eigenvalue weighted by Gasteiger charge is -2.31. The second-order valence-corrected chi connectivity index (χ2v) is 9.40. The number of nitrogens with zero attached hydrogens (tertiary/aromatic N) is 2. The number of nitrogens with one attached hydrogen (secondary N) is 1. The van der Waals surface area contributed by atoms with Crippen LogP contribution in [0.5, 0.6) is 0 Å². The van der Waals surface area contributed by atoms with Crippen LogP contribution < -0.4 is 5.32 Å². The summed E-state index contributed by atoms with van der Waals surface area (Å²) >= 11 is 0.926. The van der Waals surface area contributed by atoms with Gasteiger partial charge in [0.05, 0.1) is 4.91 Å². The zero-order chi connectivity index (χ0) is 22.0. The Morgan fingerprint density at radius 1 is 1.06 bits per heavy atom. The van der Waals surface area contributed by atoms with Gasteiger partial charge in [-0.3, -0.25) is 24.1 Å². The third-order valence-electron chi connectivity index (χ3n) is 5.99. The minimum Gasteiger partial charge on any atom is -0.354 e. The molecule has 2 aliphatic heterocycles. The fourth-order valence-corrected chi connectivity index (χ4v) is 4.76. The van der Waals surface area contributed by atoms with Crippen molar-refractivity contribution in [1.29, 1.82) is 0 Å². The molecule has 0 unspecified atom stereocenters. The van der Waals surface area contributed by atoms with Gasteiger partial charge in [-0.15, -0.1) is 0 Å². The van der Waals surface area contributed by atoms with Crippen LogP contribution in [0.1, 0.15) is 36.8 Å². The van der Waals surface area contributed by atoms with E-state index in [1.54, 1.807) is 6.08 Å². The molecule has 2 saturated heterocycles. The molecule has 1 aromatic rings. The summed E-state index contributed by atoms with van der Waals surface area (Å²) in [5, 5.41) is 2.54. The van der Waals surface area contributed by atoms with Crippen LogP contribution in [0, 0.1) is 18.8 Å². The molecule has 1 N–H and O–H groups in total. The third-order valence-corrected chi connectivity index (χ3v) is 6.89. The SMILES string of the molecule is Cc1ccc(/C=C2\SC(=O)N(CCNC(=O)C3CCN(C(=O)C4CC4)CC3)C2=O)cc1. The summed E-state index contributed by atoms with van der Waals surface area (Å²) in [5.74, 6) is -0.0716. The van der Waals surface area contributed by atoms with Crippen LogP contribution in [0.15, 0.2) is 29.2 Å². The van der Waals surface area contributed by atoms with Gasteiger partial charge >= 0.3 is 0 Å². The number of hydrogen-bond acceptors (Lipinski definition) is 5. The van der Waals surface area contributed by atoms with Gasteiger partial charge in [0.2, 0.25) is 11.8 Å². The Morgan fingerprint density at radius 2 is 1.74 bits per heavy atom. The molecule has 0 radical (unpaired) electrons. The molecule has 0 aromatic heterocycles. The lowest BCUT2D eigenvalue weighted by atomic mass is 9.95. The van der Waals surface area contributed by atoms with Gasteiger partial charge < -0.3 is 10.2 Å². The molecule has 7 nitrogen and oxygen atoms in total. The first-order valence-electron chi connectivity index (χ1n) is 10.8. The van der Waals surface area contributed by atoms with Gasteiger partial charge in [-0.25, -0.2) is 0 Å². The monoisotopic (exact) mass is 441 g/mol. The summed E-state index contributed by atoms with van der Waals surface area (Å²) in [5.41, 5.74) is 2.00. The number of imide groups is 1. The van der Waals surface area contributed by atoms with E-state index >= 15 is 0 Å². The fraction of sp³-hybridized carbons (Fsp3) is 0.478. The molecule has 0 atom stereocenters. The first-order chi connectivity index (χ1) is 14.9. The average molecular weight is 442 g/mol. The Morgan fingerprint density at radius 3 is 2.39 bits per heavy atom. The number of carbonyl (C=O) groups excluding carboxylic acids is 4. The maximum absolute atomic E-state index is 12.6. The summed E-state index contributed by atoms with van der Waals surface area (Å²) in [6.07, 6.45) is 5.02. The molecule has 3 aliphatic rings. The Labute approximate surface area is 186 Å². The maximum atomic E-state index is 12.6. The van der Waals surface area contributed by atoms with Crippen LogP contribution in [0.3, 0.4) is 0 Å². The van der Waals surface area contributed by atoms with Crippen molar-refractivity contribution in [1.82, 2.24) is 15.1 Å². The molecule has 1 saturated carbocycles. The summed E-state index contributed by atoms with van der Waals surface area (Å²) in [6, 6.07) is 7.73. The molecular weight excluding hydrogens is 414 g/mol. The molecule has 31 heavy (non-hydrogen) atoms. The van der Waals surface area contributed by atoms with E-state index in [1.807, 2.05) is 36.1 Å². The molecule has 0 bridgehead atoms. The Kier molecular flexibility index (Phi) is 6.46. The van der Waals surface area contributed by atoms with Crippen molar-refractivity contribution in [2.24, 2.45) is 11.8 Å². The van der Waals surface area contributed by atoms with Gasteiger partial charge in [-0.05, 0) is 56.0 Å². The number of amides is 4. The van der Waals surface area contributed by atoms with Crippen molar-refractivity contribution in [3.05, 3.63) is 40.3 Å². The minimum atomic E-state index is -0.322. The van der Waals surface area contributed by atoms with Gasteiger partial charge in [-0.1, -0.05) is 29.8 Å². The van der Waals surface area contributed by atoms with Crippen molar-refractivity contribution < 1.29 is 19.2 Å². The van der Waals surface area contributed by atoms with Crippen LogP contribution in [-0.4, -0.2) is 58.9 Å². The van der Waals surface area contributed by atoms with Crippen LogP contribution >= 0.6 is 11.8 Å². The normalized spacial score (nSPS) is 21.1. The maximum Gasteiger partial charge on any atom is 0.293 e. The van der Waals surface area contributed by atoms with Gasteiger partial charge in [0.15, 0.2) is 0 Å². The number of benzene rings is 1. The van der Waals surface area contributed by atoms with E-state index in [4.69, 9.17) is 0 Å². The van der Waals surface area contributed by atoms with Gasteiger partial charge in [0.25, 0.3) is 11.1 Å². The highest BCUT2D eigenvalue weighted by molar-refractivity contribution is 8.18. The van der Waals surface area contributed by atoms with E-state index in [0.717, 1.165) is 35.7 Å². The zero-order valence-corrected chi connectivity index (χ0v) is 18.5. The van der Waals surface area contributed by atoms with Crippen molar-refractivity contribution in [2.75, 3.05) is 26.2 Å². The van der Waals surface area contributed by atoms with Crippen molar-refractivity contribution in [2.45, 2.75) is 32.6 Å². The lowest BCUT2D eigenvalue weighted by Crippen LogP contribution is -2.45. The van der Waals surface area contributed by atoms with E-state index in [9.17, 15) is 19.2 Å². The molecule has 164 valence electrons. The lowest BCUT2D eigenvalue weighted by molar-refractivity contribution is -0.136.